The Morgan fingerprint density at radius 2 is 1.84 bits per heavy atom. The number of carbonyl (C=O) groups excluding carboxylic acids is 2. The fourth-order valence-corrected chi connectivity index (χ4v) is 4.87. The fraction of sp³-hybridized carbons (Fsp3) is 0.320. The van der Waals surface area contributed by atoms with E-state index in [1.807, 2.05) is 38.1 Å². The van der Waals surface area contributed by atoms with Crippen LogP contribution < -0.4 is 10.6 Å². The standard InChI is InChI=1S/C25H29N3O2S2/c1-5-6-10-22(29)26-20-8-7-9-21(15-20)31-18(4)24(30)28-25-27-23(17(3)32-25)19-13-11-16(2)12-14-19/h7-9,11-15,18H,5-6,10H2,1-4H3,(H,26,29)(H,27,28,30). The summed E-state index contributed by atoms with van der Waals surface area (Å²) < 4.78 is 0. The lowest BCUT2D eigenvalue weighted by atomic mass is 10.1. The summed E-state index contributed by atoms with van der Waals surface area (Å²) in [6, 6.07) is 15.8. The predicted octanol–water partition coefficient (Wildman–Crippen LogP) is 6.67. The molecule has 0 saturated heterocycles. The zero-order valence-corrected chi connectivity index (χ0v) is 20.5. The molecule has 3 rings (SSSR count). The molecule has 3 aromatic rings. The van der Waals surface area contributed by atoms with Crippen molar-refractivity contribution in [1.82, 2.24) is 4.98 Å². The minimum atomic E-state index is -0.312. The zero-order valence-electron chi connectivity index (χ0n) is 18.9. The summed E-state index contributed by atoms with van der Waals surface area (Å²) >= 11 is 2.93. The molecule has 1 unspecified atom stereocenters. The van der Waals surface area contributed by atoms with Gasteiger partial charge in [0, 0.05) is 27.4 Å². The van der Waals surface area contributed by atoms with Gasteiger partial charge in [0.1, 0.15) is 0 Å². The Labute approximate surface area is 198 Å². The van der Waals surface area contributed by atoms with Gasteiger partial charge >= 0.3 is 0 Å². The molecule has 1 heterocycles. The van der Waals surface area contributed by atoms with Crippen molar-refractivity contribution in [3.8, 4) is 11.3 Å². The van der Waals surface area contributed by atoms with Gasteiger partial charge in [0.25, 0.3) is 0 Å². The highest BCUT2D eigenvalue weighted by Crippen LogP contribution is 2.32. The van der Waals surface area contributed by atoms with Gasteiger partial charge in [-0.05, 0) is 45.4 Å². The van der Waals surface area contributed by atoms with Crippen molar-refractivity contribution < 1.29 is 9.59 Å². The maximum atomic E-state index is 12.8. The summed E-state index contributed by atoms with van der Waals surface area (Å²) in [5.74, 6) is -0.0834. The first kappa shape index (κ1) is 24.0. The molecule has 0 spiro atoms. The minimum Gasteiger partial charge on any atom is -0.326 e. The van der Waals surface area contributed by atoms with Crippen LogP contribution in [0.2, 0.25) is 0 Å². The number of amides is 2. The number of thiazole rings is 1. The number of aryl methyl sites for hydroxylation is 2. The molecule has 0 aliphatic rings. The summed E-state index contributed by atoms with van der Waals surface area (Å²) in [6.07, 6.45) is 2.38. The van der Waals surface area contributed by atoms with Crippen molar-refractivity contribution in [1.29, 1.82) is 0 Å². The van der Waals surface area contributed by atoms with E-state index in [2.05, 4.69) is 53.7 Å². The molecule has 0 fully saturated rings. The lowest BCUT2D eigenvalue weighted by molar-refractivity contribution is -0.116. The zero-order chi connectivity index (χ0) is 23.1. The molecule has 5 nitrogen and oxygen atoms in total. The number of carbonyl (C=O) groups is 2. The summed E-state index contributed by atoms with van der Waals surface area (Å²) in [4.78, 5) is 31.4. The van der Waals surface area contributed by atoms with Crippen LogP contribution in [-0.2, 0) is 9.59 Å². The van der Waals surface area contributed by atoms with Crippen LogP contribution in [0, 0.1) is 13.8 Å². The monoisotopic (exact) mass is 467 g/mol. The Morgan fingerprint density at radius 3 is 2.56 bits per heavy atom. The highest BCUT2D eigenvalue weighted by atomic mass is 32.2. The van der Waals surface area contributed by atoms with Crippen LogP contribution in [0.1, 0.15) is 43.6 Å². The van der Waals surface area contributed by atoms with Crippen molar-refractivity contribution in [2.45, 2.75) is 57.1 Å². The number of benzene rings is 2. The summed E-state index contributed by atoms with van der Waals surface area (Å²) in [7, 11) is 0. The first-order valence-electron chi connectivity index (χ1n) is 10.8. The van der Waals surface area contributed by atoms with Crippen molar-refractivity contribution in [3.05, 3.63) is 59.0 Å². The van der Waals surface area contributed by atoms with Crippen LogP contribution in [-0.4, -0.2) is 22.0 Å². The van der Waals surface area contributed by atoms with Crippen molar-refractivity contribution in [2.24, 2.45) is 0 Å². The van der Waals surface area contributed by atoms with E-state index < -0.39 is 0 Å². The van der Waals surface area contributed by atoms with Crippen LogP contribution in [0.15, 0.2) is 53.4 Å². The van der Waals surface area contributed by atoms with E-state index in [4.69, 9.17) is 0 Å². The minimum absolute atomic E-state index is 0.0170. The summed E-state index contributed by atoms with van der Waals surface area (Å²) in [5, 5.41) is 6.17. The number of hydrogen-bond acceptors (Lipinski definition) is 5. The number of nitrogens with zero attached hydrogens (tertiary/aromatic N) is 1. The number of anilines is 2. The van der Waals surface area contributed by atoms with Gasteiger partial charge in [-0.2, -0.15) is 0 Å². The molecule has 2 N–H and O–H groups in total. The average Bonchev–Trinajstić information content (AvgIpc) is 3.12. The Hall–Kier alpha value is -2.64. The maximum absolute atomic E-state index is 12.8. The first-order valence-corrected chi connectivity index (χ1v) is 12.5. The fourth-order valence-electron chi connectivity index (χ4n) is 3.10. The van der Waals surface area contributed by atoms with Gasteiger partial charge in [0.05, 0.1) is 10.9 Å². The molecular formula is C25H29N3O2S2. The van der Waals surface area contributed by atoms with Gasteiger partial charge in [0.15, 0.2) is 5.13 Å². The first-order chi connectivity index (χ1) is 15.4. The van der Waals surface area contributed by atoms with Crippen molar-refractivity contribution >= 4 is 45.7 Å². The second kappa shape index (κ2) is 11.3. The maximum Gasteiger partial charge on any atom is 0.239 e. The van der Waals surface area contributed by atoms with Gasteiger partial charge in [-0.15, -0.1) is 23.1 Å². The number of aromatic nitrogens is 1. The van der Waals surface area contributed by atoms with Crippen molar-refractivity contribution in [2.75, 3.05) is 10.6 Å². The SMILES string of the molecule is CCCCC(=O)Nc1cccc(SC(C)C(=O)Nc2nc(-c3ccc(C)cc3)c(C)s2)c1. The third-order valence-corrected chi connectivity index (χ3v) is 6.89. The normalized spacial score (nSPS) is 11.8. The number of nitrogens with one attached hydrogen (secondary N) is 2. The van der Waals surface area contributed by atoms with Gasteiger partial charge in [-0.25, -0.2) is 4.98 Å². The van der Waals surface area contributed by atoms with Crippen LogP contribution in [0.25, 0.3) is 11.3 Å². The molecule has 2 aromatic carbocycles. The third kappa shape index (κ3) is 6.68. The molecular weight excluding hydrogens is 438 g/mol. The van der Waals surface area contributed by atoms with E-state index in [-0.39, 0.29) is 17.1 Å². The molecule has 0 radical (unpaired) electrons. The van der Waals surface area contributed by atoms with Crippen LogP contribution in [0.5, 0.6) is 0 Å². The number of rotatable bonds is 9. The van der Waals surface area contributed by atoms with Gasteiger partial charge < -0.3 is 10.6 Å². The molecule has 168 valence electrons. The largest absolute Gasteiger partial charge is 0.326 e. The smallest absolute Gasteiger partial charge is 0.239 e. The molecule has 0 aliphatic carbocycles. The van der Waals surface area contributed by atoms with Gasteiger partial charge in [0.2, 0.25) is 11.8 Å². The molecule has 1 aromatic heterocycles. The Balaban J connectivity index is 1.61. The van der Waals surface area contributed by atoms with E-state index in [9.17, 15) is 9.59 Å². The average molecular weight is 468 g/mol. The number of hydrogen-bond donors (Lipinski definition) is 2. The molecule has 7 heteroatoms. The van der Waals surface area contributed by atoms with Gasteiger partial charge in [-0.3, -0.25) is 9.59 Å². The Bertz CT molecular complexity index is 1080. The lowest BCUT2D eigenvalue weighted by Crippen LogP contribution is -2.22. The van der Waals surface area contributed by atoms with Crippen LogP contribution in [0.4, 0.5) is 10.8 Å². The quantitative estimate of drug-likeness (QED) is 0.345. The van der Waals surface area contributed by atoms with E-state index in [0.29, 0.717) is 11.6 Å². The third-order valence-electron chi connectivity index (χ3n) is 4.91. The van der Waals surface area contributed by atoms with E-state index in [0.717, 1.165) is 39.6 Å². The molecule has 32 heavy (non-hydrogen) atoms. The molecule has 0 aliphatic heterocycles. The highest BCUT2D eigenvalue weighted by Gasteiger charge is 2.18. The number of unbranched alkanes of at least 4 members (excludes halogenated alkanes) is 1. The summed E-state index contributed by atoms with van der Waals surface area (Å²) in [6.45, 7) is 8.00. The Morgan fingerprint density at radius 1 is 1.09 bits per heavy atom. The number of thioether (sulfide) groups is 1. The second-order valence-electron chi connectivity index (χ2n) is 7.72. The van der Waals surface area contributed by atoms with Crippen molar-refractivity contribution in [3.63, 3.8) is 0 Å². The second-order valence-corrected chi connectivity index (χ2v) is 10.3. The molecule has 0 saturated carbocycles. The van der Waals surface area contributed by atoms with Crippen LogP contribution >= 0.6 is 23.1 Å². The molecule has 1 atom stereocenters. The van der Waals surface area contributed by atoms with E-state index >= 15 is 0 Å². The topological polar surface area (TPSA) is 71.1 Å². The molecule has 2 amide bonds. The Kier molecular flexibility index (Phi) is 8.47. The van der Waals surface area contributed by atoms with Crippen LogP contribution in [0.3, 0.4) is 0 Å². The highest BCUT2D eigenvalue weighted by molar-refractivity contribution is 8.00. The van der Waals surface area contributed by atoms with E-state index in [1.165, 1.54) is 28.7 Å². The molecule has 0 bridgehead atoms. The summed E-state index contributed by atoms with van der Waals surface area (Å²) in [5.41, 5.74) is 3.90. The van der Waals surface area contributed by atoms with Gasteiger partial charge in [-0.1, -0.05) is 49.2 Å². The lowest BCUT2D eigenvalue weighted by Gasteiger charge is -2.12. The predicted molar refractivity (Wildman–Crippen MR) is 136 cm³/mol. The van der Waals surface area contributed by atoms with E-state index in [1.54, 1.807) is 0 Å².